The predicted molar refractivity (Wildman–Crippen MR) is 167 cm³/mol. The summed E-state index contributed by atoms with van der Waals surface area (Å²) < 4.78 is 43.7. The highest BCUT2D eigenvalue weighted by atomic mass is 35.5. The summed E-state index contributed by atoms with van der Waals surface area (Å²) in [4.78, 5) is 28.9. The van der Waals surface area contributed by atoms with Crippen LogP contribution >= 0.6 is 23.2 Å². The van der Waals surface area contributed by atoms with E-state index in [2.05, 4.69) is 5.32 Å². The molecule has 0 saturated heterocycles. The first-order valence-corrected chi connectivity index (χ1v) is 15.7. The van der Waals surface area contributed by atoms with Gasteiger partial charge in [0.1, 0.15) is 18.4 Å². The summed E-state index contributed by atoms with van der Waals surface area (Å²) in [5.41, 5.74) is 0.906. The summed E-state index contributed by atoms with van der Waals surface area (Å²) in [6.07, 6.45) is 0.107. The van der Waals surface area contributed by atoms with Gasteiger partial charge in [-0.25, -0.2) is 12.8 Å². The molecule has 11 heteroatoms. The van der Waals surface area contributed by atoms with Crippen LogP contribution in [0, 0.1) is 5.82 Å². The molecule has 0 spiro atoms. The van der Waals surface area contributed by atoms with Crippen molar-refractivity contribution in [2.75, 3.05) is 17.4 Å². The minimum Gasteiger partial charge on any atom is -0.355 e. The average Bonchev–Trinajstić information content (AvgIpc) is 3.01. The van der Waals surface area contributed by atoms with Crippen LogP contribution < -0.4 is 9.62 Å². The largest absolute Gasteiger partial charge is 0.355 e. The molecule has 0 heterocycles. The third-order valence-corrected chi connectivity index (χ3v) is 9.31. The van der Waals surface area contributed by atoms with Gasteiger partial charge in [-0.3, -0.25) is 13.9 Å². The van der Waals surface area contributed by atoms with E-state index < -0.39 is 40.2 Å². The van der Waals surface area contributed by atoms with Gasteiger partial charge in [0.05, 0.1) is 20.6 Å². The van der Waals surface area contributed by atoms with Crippen molar-refractivity contribution in [2.45, 2.75) is 30.8 Å². The molecule has 1 unspecified atom stereocenters. The van der Waals surface area contributed by atoms with E-state index in [1.807, 2.05) is 30.3 Å². The number of carbonyl (C=O) groups excluding carboxylic acids is 2. The molecule has 1 atom stereocenters. The number of benzene rings is 4. The molecule has 1 N–H and O–H groups in total. The highest BCUT2D eigenvalue weighted by Gasteiger charge is 2.35. The van der Waals surface area contributed by atoms with Crippen molar-refractivity contribution < 1.29 is 22.4 Å². The van der Waals surface area contributed by atoms with Gasteiger partial charge < -0.3 is 10.2 Å². The molecular formula is C32H30Cl2FN3O4S. The van der Waals surface area contributed by atoms with Gasteiger partial charge >= 0.3 is 0 Å². The zero-order valence-corrected chi connectivity index (χ0v) is 25.6. The van der Waals surface area contributed by atoms with Crippen molar-refractivity contribution >= 4 is 50.7 Å². The molecule has 2 amide bonds. The van der Waals surface area contributed by atoms with Crippen molar-refractivity contribution in [3.8, 4) is 0 Å². The van der Waals surface area contributed by atoms with Crippen LogP contribution in [0.25, 0.3) is 0 Å². The fourth-order valence-corrected chi connectivity index (χ4v) is 6.47. The Balaban J connectivity index is 1.83. The van der Waals surface area contributed by atoms with Crippen LogP contribution in [0.1, 0.15) is 18.1 Å². The van der Waals surface area contributed by atoms with Gasteiger partial charge in [-0.2, -0.15) is 0 Å². The summed E-state index contributed by atoms with van der Waals surface area (Å²) in [6, 6.07) is 25.9. The molecule has 4 aromatic carbocycles. The highest BCUT2D eigenvalue weighted by molar-refractivity contribution is 7.92. The third-order valence-electron chi connectivity index (χ3n) is 6.73. The number of likely N-dealkylation sites (N-methyl/N-ethyl adjacent to an activating group) is 1. The summed E-state index contributed by atoms with van der Waals surface area (Å²) in [5.74, 6) is -1.78. The van der Waals surface area contributed by atoms with Crippen molar-refractivity contribution in [2.24, 2.45) is 0 Å². The zero-order chi connectivity index (χ0) is 31.0. The first kappa shape index (κ1) is 32.0. The maximum absolute atomic E-state index is 14.9. The second kappa shape index (κ2) is 14.5. The van der Waals surface area contributed by atoms with E-state index in [-0.39, 0.29) is 39.2 Å². The second-order valence-electron chi connectivity index (χ2n) is 9.61. The van der Waals surface area contributed by atoms with Crippen molar-refractivity contribution in [1.29, 1.82) is 0 Å². The van der Waals surface area contributed by atoms with Gasteiger partial charge in [-0.1, -0.05) is 96.0 Å². The molecular weight excluding hydrogens is 612 g/mol. The molecule has 0 aliphatic heterocycles. The predicted octanol–water partition coefficient (Wildman–Crippen LogP) is 6.10. The summed E-state index contributed by atoms with van der Waals surface area (Å²) in [5, 5.41) is 2.78. The standard InChI is InChI=1S/C32H30Cl2FN3O4S/c1-2-36-32(40)29(20-23-12-5-3-6-13-23)37(21-24-14-9-10-18-27(24)35)30(39)22-38(28-19-11-17-26(33)31(28)34)43(41,42)25-15-7-4-8-16-25/h3-19,29H,2,20-22H2,1H3,(H,36,40). The lowest BCUT2D eigenvalue weighted by molar-refractivity contribution is -0.140. The lowest BCUT2D eigenvalue weighted by Gasteiger charge is -2.34. The summed E-state index contributed by atoms with van der Waals surface area (Å²) in [6.45, 7) is 1.01. The van der Waals surface area contributed by atoms with Gasteiger partial charge in [0.25, 0.3) is 10.0 Å². The van der Waals surface area contributed by atoms with Crippen molar-refractivity contribution in [3.63, 3.8) is 0 Å². The van der Waals surface area contributed by atoms with E-state index in [1.54, 1.807) is 31.2 Å². The van der Waals surface area contributed by atoms with E-state index >= 15 is 0 Å². The van der Waals surface area contributed by atoms with Crippen LogP contribution in [-0.4, -0.2) is 44.3 Å². The van der Waals surface area contributed by atoms with E-state index in [4.69, 9.17) is 23.2 Å². The number of halogens is 3. The molecule has 0 fully saturated rings. The van der Waals surface area contributed by atoms with Gasteiger partial charge in [0, 0.05) is 25.1 Å². The molecule has 4 aromatic rings. The highest BCUT2D eigenvalue weighted by Crippen LogP contribution is 2.35. The zero-order valence-electron chi connectivity index (χ0n) is 23.3. The van der Waals surface area contributed by atoms with E-state index in [9.17, 15) is 22.4 Å². The lowest BCUT2D eigenvalue weighted by Crippen LogP contribution is -2.53. The monoisotopic (exact) mass is 641 g/mol. The van der Waals surface area contributed by atoms with Crippen LogP contribution in [0.4, 0.5) is 10.1 Å². The fraction of sp³-hybridized carbons (Fsp3) is 0.188. The minimum atomic E-state index is -4.35. The Hall–Kier alpha value is -3.92. The summed E-state index contributed by atoms with van der Waals surface area (Å²) in [7, 11) is -4.35. The quantitative estimate of drug-likeness (QED) is 0.202. The lowest BCUT2D eigenvalue weighted by atomic mass is 10.0. The fourth-order valence-electron chi connectivity index (χ4n) is 4.57. The maximum Gasteiger partial charge on any atom is 0.264 e. The van der Waals surface area contributed by atoms with Crippen LogP contribution in [-0.2, 0) is 32.6 Å². The van der Waals surface area contributed by atoms with Crippen molar-refractivity contribution in [1.82, 2.24) is 10.2 Å². The van der Waals surface area contributed by atoms with Crippen LogP contribution in [0.3, 0.4) is 0 Å². The van der Waals surface area contributed by atoms with Gasteiger partial charge in [-0.15, -0.1) is 0 Å². The molecule has 224 valence electrons. The number of nitrogens with zero attached hydrogens (tertiary/aromatic N) is 2. The SMILES string of the molecule is CCNC(=O)C(Cc1ccccc1)N(Cc1ccccc1F)C(=O)CN(c1cccc(Cl)c1Cl)S(=O)(=O)c1ccccc1. The van der Waals surface area contributed by atoms with Crippen LogP contribution in [0.2, 0.25) is 10.0 Å². The number of amides is 2. The molecule has 0 radical (unpaired) electrons. The van der Waals surface area contributed by atoms with Crippen molar-refractivity contribution in [3.05, 3.63) is 130 Å². The number of hydrogen-bond acceptors (Lipinski definition) is 4. The average molecular weight is 643 g/mol. The first-order chi connectivity index (χ1) is 20.6. The topological polar surface area (TPSA) is 86.8 Å². The van der Waals surface area contributed by atoms with Gasteiger partial charge in [0.15, 0.2) is 0 Å². The molecule has 43 heavy (non-hydrogen) atoms. The Kier molecular flexibility index (Phi) is 10.8. The molecule has 4 rings (SSSR count). The van der Waals surface area contributed by atoms with Crippen LogP contribution in [0.5, 0.6) is 0 Å². The number of rotatable bonds is 12. The normalized spacial score (nSPS) is 11.9. The summed E-state index contributed by atoms with van der Waals surface area (Å²) >= 11 is 12.7. The number of hydrogen-bond donors (Lipinski definition) is 1. The second-order valence-corrected chi connectivity index (χ2v) is 12.3. The molecule has 0 bridgehead atoms. The Morgan fingerprint density at radius 1 is 0.860 bits per heavy atom. The third kappa shape index (κ3) is 7.73. The minimum absolute atomic E-state index is 0.0187. The Morgan fingerprint density at radius 3 is 2.14 bits per heavy atom. The molecule has 0 aromatic heterocycles. The van der Waals surface area contributed by atoms with Gasteiger partial charge in [0.2, 0.25) is 11.8 Å². The van der Waals surface area contributed by atoms with Gasteiger partial charge in [-0.05, 0) is 42.8 Å². The molecule has 7 nitrogen and oxygen atoms in total. The Labute approximate surface area is 260 Å². The molecule has 0 saturated carbocycles. The van der Waals surface area contributed by atoms with E-state index in [0.717, 1.165) is 9.87 Å². The number of anilines is 1. The van der Waals surface area contributed by atoms with E-state index in [1.165, 1.54) is 53.4 Å². The molecule has 0 aliphatic rings. The maximum atomic E-state index is 14.9. The number of nitrogens with one attached hydrogen (secondary N) is 1. The van der Waals surface area contributed by atoms with Crippen LogP contribution in [0.15, 0.2) is 108 Å². The molecule has 0 aliphatic carbocycles. The smallest absolute Gasteiger partial charge is 0.264 e. The number of sulfonamides is 1. The first-order valence-electron chi connectivity index (χ1n) is 13.5. The Bertz CT molecular complexity index is 1670. The number of carbonyl (C=O) groups is 2. The van der Waals surface area contributed by atoms with E-state index in [0.29, 0.717) is 6.54 Å². The Morgan fingerprint density at radius 2 is 1.49 bits per heavy atom.